The van der Waals surface area contributed by atoms with Crippen molar-refractivity contribution in [2.24, 2.45) is 22.2 Å². The molecule has 0 heterocycles. The van der Waals surface area contributed by atoms with E-state index in [1.807, 2.05) is 0 Å². The van der Waals surface area contributed by atoms with Crippen LogP contribution in [0.4, 0.5) is 0 Å². The molecule has 0 aromatic carbocycles. The zero-order chi connectivity index (χ0) is 14.8. The zero-order valence-corrected chi connectivity index (χ0v) is 12.4. The number of carboxylic acid groups (broad SMARTS) is 2. The van der Waals surface area contributed by atoms with Crippen molar-refractivity contribution in [2.45, 2.75) is 57.2 Å². The van der Waals surface area contributed by atoms with E-state index in [0.717, 1.165) is 32.1 Å². The average Bonchev–Trinajstić information content (AvgIpc) is 2.22. The van der Waals surface area contributed by atoms with Crippen LogP contribution in [0.25, 0.3) is 0 Å². The van der Waals surface area contributed by atoms with Crippen molar-refractivity contribution in [1.82, 2.24) is 0 Å². The van der Waals surface area contributed by atoms with Gasteiger partial charge in [0.15, 0.2) is 0 Å². The second kappa shape index (κ2) is 4.12. The smallest absolute Gasteiger partial charge is 0.322 e. The van der Waals surface area contributed by atoms with Gasteiger partial charge in [-0.1, -0.05) is 6.92 Å². The van der Waals surface area contributed by atoms with E-state index in [1.165, 1.54) is 0 Å². The van der Waals surface area contributed by atoms with Gasteiger partial charge >= 0.3 is 11.9 Å². The lowest BCUT2D eigenvalue weighted by Crippen LogP contribution is -2.60. The van der Waals surface area contributed by atoms with Crippen LogP contribution in [0.5, 0.6) is 0 Å². The summed E-state index contributed by atoms with van der Waals surface area (Å²) in [7, 11) is 0. The molecule has 112 valence electrons. The van der Waals surface area contributed by atoms with Crippen molar-refractivity contribution in [2.75, 3.05) is 0 Å². The van der Waals surface area contributed by atoms with E-state index < -0.39 is 22.7 Å². The minimum atomic E-state index is -0.956. The van der Waals surface area contributed by atoms with Gasteiger partial charge in [0.25, 0.3) is 0 Å². The summed E-state index contributed by atoms with van der Waals surface area (Å²) < 4.78 is 0. The molecule has 0 aromatic heterocycles. The number of aliphatic carboxylic acids is 2. The molecule has 0 aliphatic heterocycles. The maximum Gasteiger partial charge on any atom is 0.322 e. The molecule has 0 radical (unpaired) electrons. The van der Waals surface area contributed by atoms with E-state index in [2.05, 4.69) is 6.92 Å². The van der Waals surface area contributed by atoms with Crippen molar-refractivity contribution in [3.8, 4) is 0 Å². The number of hydrogen-bond donors (Lipinski definition) is 2. The maximum absolute atomic E-state index is 11.4. The van der Waals surface area contributed by atoms with Crippen LogP contribution >= 0.6 is 11.6 Å². The van der Waals surface area contributed by atoms with Gasteiger partial charge in [0.05, 0.1) is 6.42 Å². The Morgan fingerprint density at radius 1 is 1.20 bits per heavy atom. The summed E-state index contributed by atoms with van der Waals surface area (Å²) in [5.74, 6) is -1.29. The zero-order valence-electron chi connectivity index (χ0n) is 11.7. The van der Waals surface area contributed by atoms with Crippen LogP contribution in [0.3, 0.4) is 0 Å². The SMILES string of the molecule is C[C@@]12C[C@@H]3C[C@@](CC(=O)O)(C1)C[C@@]([C@H](Cl)C(=O)O)(C3)C2. The Hall–Kier alpha value is -0.770. The molecule has 5 atom stereocenters. The molecule has 4 rings (SSSR count). The van der Waals surface area contributed by atoms with Gasteiger partial charge in [-0.3, -0.25) is 9.59 Å². The lowest BCUT2D eigenvalue weighted by Gasteiger charge is -2.66. The summed E-state index contributed by atoms with van der Waals surface area (Å²) in [6.45, 7) is 2.19. The van der Waals surface area contributed by atoms with Crippen LogP contribution in [0.2, 0.25) is 0 Å². The van der Waals surface area contributed by atoms with Gasteiger partial charge in [0.2, 0.25) is 0 Å². The molecule has 2 N–H and O–H groups in total. The first-order chi connectivity index (χ1) is 9.18. The molecular weight excluding hydrogens is 280 g/mol. The Balaban J connectivity index is 1.99. The predicted molar refractivity (Wildman–Crippen MR) is 73.7 cm³/mol. The highest BCUT2D eigenvalue weighted by molar-refractivity contribution is 6.30. The molecule has 5 heteroatoms. The third-order valence-corrected chi connectivity index (χ3v) is 6.44. The fourth-order valence-corrected chi connectivity index (χ4v) is 6.53. The first-order valence-electron chi connectivity index (χ1n) is 7.26. The quantitative estimate of drug-likeness (QED) is 0.782. The van der Waals surface area contributed by atoms with E-state index >= 15 is 0 Å². The molecule has 4 nitrogen and oxygen atoms in total. The summed E-state index contributed by atoms with van der Waals surface area (Å²) in [6, 6.07) is 0. The molecule has 0 spiro atoms. The minimum Gasteiger partial charge on any atom is -0.481 e. The van der Waals surface area contributed by atoms with Gasteiger partial charge < -0.3 is 10.2 Å². The summed E-state index contributed by atoms with van der Waals surface area (Å²) in [6.07, 6.45) is 5.44. The fraction of sp³-hybridized carbons (Fsp3) is 0.867. The van der Waals surface area contributed by atoms with Crippen molar-refractivity contribution >= 4 is 23.5 Å². The topological polar surface area (TPSA) is 74.6 Å². The Morgan fingerprint density at radius 3 is 2.45 bits per heavy atom. The highest BCUT2D eigenvalue weighted by Gasteiger charge is 2.64. The largest absolute Gasteiger partial charge is 0.481 e. The lowest BCUT2D eigenvalue weighted by molar-refractivity contribution is -0.174. The number of alkyl halides is 1. The van der Waals surface area contributed by atoms with Crippen LogP contribution in [-0.2, 0) is 9.59 Å². The Labute approximate surface area is 123 Å². The van der Waals surface area contributed by atoms with E-state index in [-0.39, 0.29) is 17.3 Å². The predicted octanol–water partition coefficient (Wildman–Crippen LogP) is 3.13. The second-order valence-electron chi connectivity index (χ2n) is 7.95. The van der Waals surface area contributed by atoms with Crippen LogP contribution < -0.4 is 0 Å². The van der Waals surface area contributed by atoms with Crippen molar-refractivity contribution in [1.29, 1.82) is 0 Å². The first-order valence-corrected chi connectivity index (χ1v) is 7.70. The molecular formula is C15H21ClO4. The second-order valence-corrected chi connectivity index (χ2v) is 8.39. The molecule has 0 unspecified atom stereocenters. The van der Waals surface area contributed by atoms with Gasteiger partial charge in [0, 0.05) is 0 Å². The molecule has 4 bridgehead atoms. The molecule has 4 aliphatic carbocycles. The van der Waals surface area contributed by atoms with Crippen molar-refractivity contribution < 1.29 is 19.8 Å². The fourth-order valence-electron chi connectivity index (χ4n) is 6.29. The van der Waals surface area contributed by atoms with E-state index in [4.69, 9.17) is 11.6 Å². The van der Waals surface area contributed by atoms with E-state index in [0.29, 0.717) is 12.3 Å². The standard InChI is InChI=1S/C15H21ClO4/c1-13-2-9-3-14(6-13,5-10(17)18)8-15(4-9,7-13)11(16)12(19)20/h9,11H,2-8H2,1H3,(H,17,18)(H,19,20)/t9-,11-,13-,14-,15-/m1/s1. The normalized spacial score (nSPS) is 47.2. The van der Waals surface area contributed by atoms with Crippen LogP contribution in [0.1, 0.15) is 51.9 Å². The van der Waals surface area contributed by atoms with Crippen LogP contribution in [0, 0.1) is 22.2 Å². The highest BCUT2D eigenvalue weighted by atomic mass is 35.5. The molecule has 0 amide bonds. The highest BCUT2D eigenvalue weighted by Crippen LogP contribution is 2.71. The van der Waals surface area contributed by atoms with Crippen molar-refractivity contribution in [3.05, 3.63) is 0 Å². The molecule has 4 aliphatic rings. The summed E-state index contributed by atoms with van der Waals surface area (Å²) in [5.41, 5.74) is -0.572. The third kappa shape index (κ3) is 2.03. The molecule has 20 heavy (non-hydrogen) atoms. The molecule has 4 saturated carbocycles. The lowest BCUT2D eigenvalue weighted by atomic mass is 9.39. The Bertz CT molecular complexity index is 478. The molecule has 0 saturated heterocycles. The van der Waals surface area contributed by atoms with E-state index in [9.17, 15) is 19.8 Å². The number of carbonyl (C=O) groups is 2. The van der Waals surface area contributed by atoms with Gasteiger partial charge in [-0.05, 0) is 60.7 Å². The summed E-state index contributed by atoms with van der Waals surface area (Å²) in [5, 5.41) is 17.7. The maximum atomic E-state index is 11.4. The average molecular weight is 301 g/mol. The summed E-state index contributed by atoms with van der Waals surface area (Å²) >= 11 is 6.25. The minimum absolute atomic E-state index is 0.0669. The number of halogens is 1. The molecule has 0 aromatic rings. The summed E-state index contributed by atoms with van der Waals surface area (Å²) in [4.78, 5) is 22.6. The van der Waals surface area contributed by atoms with Gasteiger partial charge in [0.1, 0.15) is 5.38 Å². The van der Waals surface area contributed by atoms with Gasteiger partial charge in [-0.25, -0.2) is 0 Å². The first kappa shape index (κ1) is 14.2. The van der Waals surface area contributed by atoms with Crippen molar-refractivity contribution in [3.63, 3.8) is 0 Å². The number of hydrogen-bond acceptors (Lipinski definition) is 2. The monoisotopic (exact) mass is 300 g/mol. The van der Waals surface area contributed by atoms with Crippen LogP contribution in [0.15, 0.2) is 0 Å². The Morgan fingerprint density at radius 2 is 1.90 bits per heavy atom. The van der Waals surface area contributed by atoms with Gasteiger partial charge in [-0.15, -0.1) is 11.6 Å². The van der Waals surface area contributed by atoms with Gasteiger partial charge in [-0.2, -0.15) is 0 Å². The van der Waals surface area contributed by atoms with Crippen LogP contribution in [-0.4, -0.2) is 27.5 Å². The number of carboxylic acids is 2. The number of rotatable bonds is 4. The molecule has 4 fully saturated rings. The van der Waals surface area contributed by atoms with E-state index in [1.54, 1.807) is 0 Å². The Kier molecular flexibility index (Phi) is 2.92. The third-order valence-electron chi connectivity index (χ3n) is 5.79.